The van der Waals surface area contributed by atoms with Crippen molar-refractivity contribution in [2.24, 2.45) is 0 Å². The normalized spacial score (nSPS) is 13.8. The Labute approximate surface area is 152 Å². The summed E-state index contributed by atoms with van der Waals surface area (Å²) in [6.07, 6.45) is 4.16. The van der Waals surface area contributed by atoms with Gasteiger partial charge in [0.1, 0.15) is 11.6 Å². The lowest BCUT2D eigenvalue weighted by Crippen LogP contribution is -2.19. The molecule has 0 radical (unpaired) electrons. The molecule has 1 aliphatic heterocycles. The molecule has 25 heavy (non-hydrogen) atoms. The van der Waals surface area contributed by atoms with Crippen LogP contribution in [0.5, 0.6) is 5.75 Å². The second-order valence-electron chi connectivity index (χ2n) is 5.93. The first-order chi connectivity index (χ1) is 12.2. The Morgan fingerprint density at radius 2 is 2.12 bits per heavy atom. The summed E-state index contributed by atoms with van der Waals surface area (Å²) in [4.78, 5) is 23.3. The number of carbonyl (C=O) groups is 1. The molecular weight excluding hydrogens is 336 g/mol. The first kappa shape index (κ1) is 17.5. The van der Waals surface area contributed by atoms with Gasteiger partial charge in [-0.15, -0.1) is 0 Å². The van der Waals surface area contributed by atoms with Crippen molar-refractivity contribution >= 4 is 29.2 Å². The zero-order valence-electron chi connectivity index (χ0n) is 14.5. The molecule has 2 heterocycles. The molecule has 132 valence electrons. The van der Waals surface area contributed by atoms with E-state index in [0.29, 0.717) is 16.6 Å². The number of methoxy groups -OCH3 is 1. The van der Waals surface area contributed by atoms with E-state index in [1.807, 2.05) is 31.2 Å². The average molecular weight is 358 g/mol. The Morgan fingerprint density at radius 1 is 1.32 bits per heavy atom. The Morgan fingerprint density at radius 3 is 2.88 bits per heavy atom. The lowest BCUT2D eigenvalue weighted by molar-refractivity contribution is -0.113. The zero-order chi connectivity index (χ0) is 17.6. The molecule has 0 bridgehead atoms. The van der Waals surface area contributed by atoms with Crippen molar-refractivity contribution in [3.05, 3.63) is 36.0 Å². The summed E-state index contributed by atoms with van der Waals surface area (Å²) in [5.74, 6) is 1.73. The highest BCUT2D eigenvalue weighted by molar-refractivity contribution is 7.99. The molecule has 0 unspecified atom stereocenters. The van der Waals surface area contributed by atoms with Crippen LogP contribution in [0.4, 0.5) is 11.5 Å². The number of aromatic nitrogens is 2. The summed E-state index contributed by atoms with van der Waals surface area (Å²) < 4.78 is 5.28. The fourth-order valence-corrected chi connectivity index (χ4v) is 3.39. The van der Waals surface area contributed by atoms with Gasteiger partial charge in [0.15, 0.2) is 5.16 Å². The fourth-order valence-electron chi connectivity index (χ4n) is 2.76. The molecule has 0 aliphatic carbocycles. The Bertz CT molecular complexity index is 748. The lowest BCUT2D eigenvalue weighted by atomic mass is 10.2. The topological polar surface area (TPSA) is 67.3 Å². The molecule has 7 heteroatoms. The van der Waals surface area contributed by atoms with E-state index in [9.17, 15) is 4.79 Å². The van der Waals surface area contributed by atoms with Crippen LogP contribution in [-0.4, -0.2) is 41.8 Å². The highest BCUT2D eigenvalue weighted by atomic mass is 32.2. The van der Waals surface area contributed by atoms with Gasteiger partial charge in [0, 0.05) is 19.3 Å². The Balaban J connectivity index is 1.59. The second-order valence-corrected chi connectivity index (χ2v) is 6.87. The molecule has 2 aromatic rings. The van der Waals surface area contributed by atoms with E-state index in [0.717, 1.165) is 24.5 Å². The maximum Gasteiger partial charge on any atom is 0.234 e. The predicted octanol–water partition coefficient (Wildman–Crippen LogP) is 3.12. The van der Waals surface area contributed by atoms with Gasteiger partial charge in [-0.05, 0) is 43.5 Å². The number of rotatable bonds is 6. The van der Waals surface area contributed by atoms with Gasteiger partial charge in [0.05, 0.1) is 18.6 Å². The van der Waals surface area contributed by atoms with Crippen LogP contribution < -0.4 is 15.0 Å². The number of aryl methyl sites for hydroxylation is 1. The summed E-state index contributed by atoms with van der Waals surface area (Å²) in [6, 6.07) is 7.61. The first-order valence-corrected chi connectivity index (χ1v) is 9.29. The molecule has 3 rings (SSSR count). The molecule has 0 saturated carbocycles. The van der Waals surface area contributed by atoms with E-state index in [1.54, 1.807) is 13.3 Å². The van der Waals surface area contributed by atoms with Gasteiger partial charge in [-0.25, -0.2) is 9.97 Å². The van der Waals surface area contributed by atoms with E-state index >= 15 is 0 Å². The van der Waals surface area contributed by atoms with E-state index in [-0.39, 0.29) is 11.7 Å². The Hall–Kier alpha value is -2.28. The third-order valence-electron chi connectivity index (χ3n) is 4.01. The van der Waals surface area contributed by atoms with Crippen LogP contribution in [0.3, 0.4) is 0 Å². The number of benzene rings is 1. The average Bonchev–Trinajstić information content (AvgIpc) is 3.15. The summed E-state index contributed by atoms with van der Waals surface area (Å²) in [6.45, 7) is 4.05. The van der Waals surface area contributed by atoms with Gasteiger partial charge in [-0.1, -0.05) is 17.8 Å². The highest BCUT2D eigenvalue weighted by Crippen LogP contribution is 2.26. The number of thioether (sulfide) groups is 1. The maximum absolute atomic E-state index is 12.3. The second kappa shape index (κ2) is 8.20. The van der Waals surface area contributed by atoms with Crippen molar-refractivity contribution in [3.8, 4) is 5.75 Å². The van der Waals surface area contributed by atoms with Crippen LogP contribution in [0, 0.1) is 6.92 Å². The van der Waals surface area contributed by atoms with Gasteiger partial charge in [0.2, 0.25) is 5.91 Å². The van der Waals surface area contributed by atoms with Gasteiger partial charge >= 0.3 is 0 Å². The van der Waals surface area contributed by atoms with Crippen molar-refractivity contribution in [2.45, 2.75) is 24.9 Å². The minimum Gasteiger partial charge on any atom is -0.495 e. The highest BCUT2D eigenvalue weighted by Gasteiger charge is 2.15. The predicted molar refractivity (Wildman–Crippen MR) is 101 cm³/mol. The molecule has 6 nitrogen and oxygen atoms in total. The molecule has 1 fully saturated rings. The van der Waals surface area contributed by atoms with Crippen LogP contribution >= 0.6 is 11.8 Å². The van der Waals surface area contributed by atoms with Crippen molar-refractivity contribution < 1.29 is 9.53 Å². The minimum atomic E-state index is -0.107. The molecular formula is C18H22N4O2S. The number of carbonyl (C=O) groups excluding carboxylic acids is 1. The number of nitrogens with one attached hydrogen (secondary N) is 1. The zero-order valence-corrected chi connectivity index (χ0v) is 15.3. The largest absolute Gasteiger partial charge is 0.495 e. The smallest absolute Gasteiger partial charge is 0.234 e. The number of anilines is 2. The van der Waals surface area contributed by atoms with Crippen LogP contribution in [0.15, 0.2) is 35.6 Å². The van der Waals surface area contributed by atoms with Crippen molar-refractivity contribution in [2.75, 3.05) is 36.2 Å². The summed E-state index contributed by atoms with van der Waals surface area (Å²) in [7, 11) is 1.59. The number of hydrogen-bond acceptors (Lipinski definition) is 6. The quantitative estimate of drug-likeness (QED) is 0.632. The van der Waals surface area contributed by atoms with Crippen molar-refractivity contribution in [3.63, 3.8) is 0 Å². The van der Waals surface area contributed by atoms with Crippen LogP contribution in [0.2, 0.25) is 0 Å². The van der Waals surface area contributed by atoms with Gasteiger partial charge in [0.25, 0.3) is 0 Å². The van der Waals surface area contributed by atoms with Crippen LogP contribution in [0.25, 0.3) is 0 Å². The molecule has 1 aliphatic rings. The van der Waals surface area contributed by atoms with Gasteiger partial charge < -0.3 is 15.0 Å². The van der Waals surface area contributed by atoms with Gasteiger partial charge in [-0.2, -0.15) is 0 Å². The third kappa shape index (κ3) is 4.63. The van der Waals surface area contributed by atoms with E-state index in [4.69, 9.17) is 4.74 Å². The fraction of sp³-hybridized carbons (Fsp3) is 0.389. The summed E-state index contributed by atoms with van der Waals surface area (Å²) in [5, 5.41) is 3.51. The third-order valence-corrected chi connectivity index (χ3v) is 4.87. The van der Waals surface area contributed by atoms with Crippen molar-refractivity contribution in [1.29, 1.82) is 0 Å². The van der Waals surface area contributed by atoms with Crippen molar-refractivity contribution in [1.82, 2.24) is 9.97 Å². The maximum atomic E-state index is 12.3. The first-order valence-electron chi connectivity index (χ1n) is 8.31. The SMILES string of the molecule is COc1ccc(C)cc1NC(=O)CSc1nccc(N2CCCC2)n1. The van der Waals surface area contributed by atoms with E-state index in [2.05, 4.69) is 20.2 Å². The van der Waals surface area contributed by atoms with Crippen LogP contribution in [-0.2, 0) is 4.79 Å². The van der Waals surface area contributed by atoms with Gasteiger partial charge in [-0.3, -0.25) is 4.79 Å². The molecule has 1 saturated heterocycles. The molecule has 1 amide bonds. The molecule has 0 spiro atoms. The number of nitrogens with zero attached hydrogens (tertiary/aromatic N) is 3. The number of hydrogen-bond donors (Lipinski definition) is 1. The monoisotopic (exact) mass is 358 g/mol. The minimum absolute atomic E-state index is 0.107. The number of ether oxygens (including phenoxy) is 1. The Kier molecular flexibility index (Phi) is 5.75. The summed E-state index contributed by atoms with van der Waals surface area (Å²) >= 11 is 1.34. The summed E-state index contributed by atoms with van der Waals surface area (Å²) in [5.41, 5.74) is 1.74. The number of amides is 1. The molecule has 1 aromatic carbocycles. The van der Waals surface area contributed by atoms with E-state index < -0.39 is 0 Å². The lowest BCUT2D eigenvalue weighted by Gasteiger charge is -2.16. The van der Waals surface area contributed by atoms with E-state index in [1.165, 1.54) is 24.6 Å². The molecule has 1 N–H and O–H groups in total. The molecule has 0 atom stereocenters. The standard InChI is InChI=1S/C18H22N4O2S/c1-13-5-6-15(24-2)14(11-13)20-17(23)12-25-18-19-8-7-16(21-18)22-9-3-4-10-22/h5-8,11H,3-4,9-10,12H2,1-2H3,(H,20,23). The van der Waals surface area contributed by atoms with Crippen LogP contribution in [0.1, 0.15) is 18.4 Å². The molecule has 1 aromatic heterocycles.